The fourth-order valence-corrected chi connectivity index (χ4v) is 1.74. The van der Waals surface area contributed by atoms with Crippen molar-refractivity contribution in [2.75, 3.05) is 0 Å². The Bertz CT molecular complexity index is 588. The van der Waals surface area contributed by atoms with Crippen LogP contribution in [0.1, 0.15) is 17.5 Å². The van der Waals surface area contributed by atoms with Gasteiger partial charge in [-0.1, -0.05) is 54.6 Å². The number of benzene rings is 2. The summed E-state index contributed by atoms with van der Waals surface area (Å²) in [4.78, 5) is 10.4. The first-order valence-electron chi connectivity index (χ1n) is 6.39. The Balaban J connectivity index is 1.95. The molecule has 0 atom stereocenters. The fraction of sp³-hybridized carbons (Fsp3) is 0.118. The normalized spacial score (nSPS) is 10.6. The van der Waals surface area contributed by atoms with Crippen molar-refractivity contribution in [3.8, 4) is 5.75 Å². The van der Waals surface area contributed by atoms with Crippen molar-refractivity contribution in [3.63, 3.8) is 0 Å². The molecule has 2 aromatic rings. The number of hydrogen-bond acceptors (Lipinski definition) is 2. The van der Waals surface area contributed by atoms with Gasteiger partial charge in [0.1, 0.15) is 12.4 Å². The second kappa shape index (κ2) is 7.14. The molecule has 2 aromatic carbocycles. The second-order valence-corrected chi connectivity index (χ2v) is 4.35. The van der Waals surface area contributed by atoms with E-state index in [1.165, 1.54) is 0 Å². The Labute approximate surface area is 118 Å². The number of carboxylic acid groups (broad SMARTS) is 1. The van der Waals surface area contributed by atoms with E-state index in [1.807, 2.05) is 54.6 Å². The third-order valence-electron chi connectivity index (χ3n) is 2.71. The topological polar surface area (TPSA) is 46.5 Å². The van der Waals surface area contributed by atoms with Crippen molar-refractivity contribution in [2.45, 2.75) is 13.0 Å². The average molecular weight is 268 g/mol. The zero-order chi connectivity index (χ0) is 14.2. The SMILES string of the molecule is O=C(O)CC=Cc1cccc(OCc2ccccc2)c1. The van der Waals surface area contributed by atoms with E-state index in [0.717, 1.165) is 16.9 Å². The third-order valence-corrected chi connectivity index (χ3v) is 2.71. The molecule has 0 aliphatic heterocycles. The molecule has 0 saturated carbocycles. The molecule has 3 nitrogen and oxygen atoms in total. The largest absolute Gasteiger partial charge is 0.489 e. The van der Waals surface area contributed by atoms with Crippen LogP contribution in [-0.4, -0.2) is 11.1 Å². The van der Waals surface area contributed by atoms with E-state index in [1.54, 1.807) is 12.2 Å². The maximum Gasteiger partial charge on any atom is 0.307 e. The van der Waals surface area contributed by atoms with Crippen molar-refractivity contribution >= 4 is 12.0 Å². The number of carboxylic acids is 1. The smallest absolute Gasteiger partial charge is 0.307 e. The van der Waals surface area contributed by atoms with Crippen LogP contribution in [0.3, 0.4) is 0 Å². The first-order valence-corrected chi connectivity index (χ1v) is 6.39. The van der Waals surface area contributed by atoms with E-state index in [2.05, 4.69) is 0 Å². The monoisotopic (exact) mass is 268 g/mol. The maximum absolute atomic E-state index is 10.4. The summed E-state index contributed by atoms with van der Waals surface area (Å²) in [5, 5.41) is 8.58. The fourth-order valence-electron chi connectivity index (χ4n) is 1.74. The second-order valence-electron chi connectivity index (χ2n) is 4.35. The van der Waals surface area contributed by atoms with Crippen molar-refractivity contribution < 1.29 is 14.6 Å². The van der Waals surface area contributed by atoms with Gasteiger partial charge in [-0.15, -0.1) is 0 Å². The van der Waals surface area contributed by atoms with E-state index in [4.69, 9.17) is 9.84 Å². The molecule has 3 heteroatoms. The molecule has 0 aliphatic carbocycles. The predicted molar refractivity (Wildman–Crippen MR) is 78.5 cm³/mol. The van der Waals surface area contributed by atoms with E-state index < -0.39 is 5.97 Å². The van der Waals surface area contributed by atoms with Crippen molar-refractivity contribution in [1.82, 2.24) is 0 Å². The molecule has 0 unspecified atom stereocenters. The minimum atomic E-state index is -0.835. The Morgan fingerprint density at radius 1 is 1.10 bits per heavy atom. The molecule has 2 rings (SSSR count). The molecule has 1 N–H and O–H groups in total. The summed E-state index contributed by atoms with van der Waals surface area (Å²) in [5.41, 5.74) is 2.04. The van der Waals surface area contributed by atoms with Gasteiger partial charge in [-0.25, -0.2) is 0 Å². The molecule has 0 amide bonds. The van der Waals surface area contributed by atoms with Gasteiger partial charge in [0.05, 0.1) is 6.42 Å². The molecule has 20 heavy (non-hydrogen) atoms. The number of rotatable bonds is 6. The summed E-state index contributed by atoms with van der Waals surface area (Å²) < 4.78 is 5.71. The van der Waals surface area contributed by atoms with Crippen molar-refractivity contribution in [2.24, 2.45) is 0 Å². The Hall–Kier alpha value is -2.55. The van der Waals surface area contributed by atoms with E-state index >= 15 is 0 Å². The summed E-state index contributed by atoms with van der Waals surface area (Å²) in [6.07, 6.45) is 3.43. The molecular weight excluding hydrogens is 252 g/mol. The lowest BCUT2D eigenvalue weighted by Gasteiger charge is -2.06. The van der Waals surface area contributed by atoms with Gasteiger partial charge in [0.2, 0.25) is 0 Å². The lowest BCUT2D eigenvalue weighted by Crippen LogP contribution is -1.95. The molecule has 0 saturated heterocycles. The van der Waals surface area contributed by atoms with Crippen LogP contribution in [0.25, 0.3) is 6.08 Å². The van der Waals surface area contributed by atoms with Crippen LogP contribution in [0.5, 0.6) is 5.75 Å². The maximum atomic E-state index is 10.4. The highest BCUT2D eigenvalue weighted by molar-refractivity contribution is 5.70. The van der Waals surface area contributed by atoms with E-state index in [9.17, 15) is 4.79 Å². The highest BCUT2D eigenvalue weighted by Gasteiger charge is 1.97. The predicted octanol–water partition coefficient (Wildman–Crippen LogP) is 3.75. The molecule has 0 aromatic heterocycles. The minimum absolute atomic E-state index is 0.0229. The van der Waals surface area contributed by atoms with Gasteiger partial charge < -0.3 is 9.84 Å². The van der Waals surface area contributed by atoms with Crippen LogP contribution in [0.15, 0.2) is 60.7 Å². The molecule has 0 radical (unpaired) electrons. The van der Waals surface area contributed by atoms with Crippen LogP contribution in [-0.2, 0) is 11.4 Å². The summed E-state index contributed by atoms with van der Waals surface area (Å²) in [6, 6.07) is 17.5. The van der Waals surface area contributed by atoms with Crippen LogP contribution in [0.4, 0.5) is 0 Å². The highest BCUT2D eigenvalue weighted by Crippen LogP contribution is 2.16. The van der Waals surface area contributed by atoms with Crippen LogP contribution < -0.4 is 4.74 Å². The van der Waals surface area contributed by atoms with Crippen LogP contribution in [0.2, 0.25) is 0 Å². The summed E-state index contributed by atoms with van der Waals surface area (Å²) in [7, 11) is 0. The summed E-state index contributed by atoms with van der Waals surface area (Å²) >= 11 is 0. The first-order chi connectivity index (χ1) is 9.74. The summed E-state index contributed by atoms with van der Waals surface area (Å²) in [5.74, 6) is -0.0657. The number of ether oxygens (including phenoxy) is 1. The first kappa shape index (κ1) is 13.9. The molecule has 0 fully saturated rings. The zero-order valence-corrected chi connectivity index (χ0v) is 11.0. The van der Waals surface area contributed by atoms with Gasteiger partial charge in [-0.05, 0) is 23.3 Å². The number of aliphatic carboxylic acids is 1. The number of carbonyl (C=O) groups is 1. The lowest BCUT2D eigenvalue weighted by molar-refractivity contribution is -0.135. The van der Waals surface area contributed by atoms with E-state index in [-0.39, 0.29) is 6.42 Å². The molecule has 0 bridgehead atoms. The molecule has 0 spiro atoms. The molecule has 0 heterocycles. The Kier molecular flexibility index (Phi) is 4.95. The average Bonchev–Trinajstić information content (AvgIpc) is 2.46. The van der Waals surface area contributed by atoms with Crippen molar-refractivity contribution in [1.29, 1.82) is 0 Å². The number of hydrogen-bond donors (Lipinski definition) is 1. The van der Waals surface area contributed by atoms with E-state index in [0.29, 0.717) is 6.61 Å². The van der Waals surface area contributed by atoms with Gasteiger partial charge in [0, 0.05) is 0 Å². The molecule has 102 valence electrons. The van der Waals surface area contributed by atoms with Crippen LogP contribution in [0, 0.1) is 0 Å². The van der Waals surface area contributed by atoms with Crippen molar-refractivity contribution in [3.05, 3.63) is 71.8 Å². The zero-order valence-electron chi connectivity index (χ0n) is 11.0. The van der Waals surface area contributed by atoms with Gasteiger partial charge in [-0.2, -0.15) is 0 Å². The van der Waals surface area contributed by atoms with Crippen LogP contribution >= 0.6 is 0 Å². The van der Waals surface area contributed by atoms with Gasteiger partial charge in [0.25, 0.3) is 0 Å². The Morgan fingerprint density at radius 2 is 1.90 bits per heavy atom. The minimum Gasteiger partial charge on any atom is -0.489 e. The molecule has 0 aliphatic rings. The Morgan fingerprint density at radius 3 is 2.65 bits per heavy atom. The molecular formula is C17H16O3. The van der Waals surface area contributed by atoms with Gasteiger partial charge >= 0.3 is 5.97 Å². The van der Waals surface area contributed by atoms with Gasteiger partial charge in [-0.3, -0.25) is 4.79 Å². The van der Waals surface area contributed by atoms with Gasteiger partial charge in [0.15, 0.2) is 0 Å². The highest BCUT2D eigenvalue weighted by atomic mass is 16.5. The standard InChI is InChI=1S/C17H16O3/c18-17(19)11-5-9-14-8-4-10-16(12-14)20-13-15-6-2-1-3-7-15/h1-10,12H,11,13H2,(H,18,19). The summed E-state index contributed by atoms with van der Waals surface area (Å²) in [6.45, 7) is 0.517. The lowest BCUT2D eigenvalue weighted by atomic mass is 10.2. The third kappa shape index (κ3) is 4.61. The quantitative estimate of drug-likeness (QED) is 0.867.